The normalized spacial score (nSPS) is 10.6. The van der Waals surface area contributed by atoms with Crippen molar-refractivity contribution in [3.63, 3.8) is 0 Å². The van der Waals surface area contributed by atoms with Crippen molar-refractivity contribution in [3.8, 4) is 11.3 Å². The number of nitrogens with zero attached hydrogens (tertiary/aromatic N) is 2. The molecule has 0 saturated carbocycles. The van der Waals surface area contributed by atoms with Crippen LogP contribution in [0.4, 0.5) is 4.39 Å². The molecular formula is C19H18FN3O. The Labute approximate surface area is 139 Å². The zero-order valence-electron chi connectivity index (χ0n) is 13.4. The van der Waals surface area contributed by atoms with Crippen LogP contribution in [0.15, 0.2) is 60.7 Å². The van der Waals surface area contributed by atoms with Gasteiger partial charge in [0, 0.05) is 19.2 Å². The molecule has 1 amide bonds. The lowest BCUT2D eigenvalue weighted by Crippen LogP contribution is -2.27. The Morgan fingerprint density at radius 3 is 2.58 bits per heavy atom. The Morgan fingerprint density at radius 2 is 1.83 bits per heavy atom. The van der Waals surface area contributed by atoms with Crippen LogP contribution in [-0.4, -0.2) is 22.2 Å². The number of rotatable bonds is 5. The molecule has 1 N–H and O–H groups in total. The number of amides is 1. The first kappa shape index (κ1) is 15.9. The summed E-state index contributed by atoms with van der Waals surface area (Å²) in [7, 11) is 1.68. The average Bonchev–Trinajstić information content (AvgIpc) is 2.98. The molecule has 0 unspecified atom stereocenters. The van der Waals surface area contributed by atoms with Crippen molar-refractivity contribution in [3.05, 3.63) is 77.7 Å². The van der Waals surface area contributed by atoms with E-state index in [4.69, 9.17) is 0 Å². The van der Waals surface area contributed by atoms with Gasteiger partial charge in [-0.3, -0.25) is 9.48 Å². The van der Waals surface area contributed by atoms with E-state index in [1.54, 1.807) is 31.3 Å². The number of aromatic nitrogens is 2. The predicted octanol–water partition coefficient (Wildman–Crippen LogP) is 3.20. The van der Waals surface area contributed by atoms with Gasteiger partial charge < -0.3 is 5.32 Å². The van der Waals surface area contributed by atoms with Crippen molar-refractivity contribution in [1.29, 1.82) is 0 Å². The van der Waals surface area contributed by atoms with Gasteiger partial charge in [-0.2, -0.15) is 5.10 Å². The van der Waals surface area contributed by atoms with E-state index in [9.17, 15) is 9.18 Å². The van der Waals surface area contributed by atoms with E-state index in [1.807, 2.05) is 30.3 Å². The van der Waals surface area contributed by atoms with Crippen LogP contribution in [0.5, 0.6) is 0 Å². The number of nitrogens with one attached hydrogen (secondary N) is 1. The van der Waals surface area contributed by atoms with Crippen molar-refractivity contribution in [1.82, 2.24) is 15.1 Å². The van der Waals surface area contributed by atoms with Gasteiger partial charge in [0.05, 0.1) is 5.69 Å². The van der Waals surface area contributed by atoms with Gasteiger partial charge in [0.25, 0.3) is 5.91 Å². The molecule has 24 heavy (non-hydrogen) atoms. The summed E-state index contributed by atoms with van der Waals surface area (Å²) in [6.45, 7) is 0.531. The molecule has 122 valence electrons. The van der Waals surface area contributed by atoms with Crippen LogP contribution < -0.4 is 5.32 Å². The molecule has 0 bridgehead atoms. The monoisotopic (exact) mass is 323 g/mol. The van der Waals surface area contributed by atoms with Gasteiger partial charge in [0.15, 0.2) is 0 Å². The minimum absolute atomic E-state index is 0.219. The van der Waals surface area contributed by atoms with Gasteiger partial charge in [-0.15, -0.1) is 0 Å². The summed E-state index contributed by atoms with van der Waals surface area (Å²) in [4.78, 5) is 12.3. The zero-order chi connectivity index (χ0) is 16.9. The first-order valence-electron chi connectivity index (χ1n) is 7.76. The van der Waals surface area contributed by atoms with Crippen molar-refractivity contribution in [2.75, 3.05) is 6.54 Å². The Hall–Kier alpha value is -2.95. The molecule has 4 nitrogen and oxygen atoms in total. The highest BCUT2D eigenvalue weighted by molar-refractivity contribution is 5.93. The van der Waals surface area contributed by atoms with E-state index in [-0.39, 0.29) is 11.7 Å². The zero-order valence-corrected chi connectivity index (χ0v) is 13.4. The van der Waals surface area contributed by atoms with Crippen LogP contribution in [0.2, 0.25) is 0 Å². The van der Waals surface area contributed by atoms with Crippen molar-refractivity contribution < 1.29 is 9.18 Å². The SMILES string of the molecule is Cn1nc(-c2ccccc2F)cc1C(=O)NCCc1ccccc1. The average molecular weight is 323 g/mol. The molecular weight excluding hydrogens is 305 g/mol. The number of hydrogen-bond acceptors (Lipinski definition) is 2. The van der Waals surface area contributed by atoms with Crippen molar-refractivity contribution in [2.45, 2.75) is 6.42 Å². The van der Waals surface area contributed by atoms with Crippen LogP contribution in [-0.2, 0) is 13.5 Å². The molecule has 0 radical (unpaired) electrons. The molecule has 0 saturated heterocycles. The number of carbonyl (C=O) groups excluding carboxylic acids is 1. The third-order valence-corrected chi connectivity index (χ3v) is 3.80. The van der Waals surface area contributed by atoms with Crippen LogP contribution in [0, 0.1) is 5.82 Å². The van der Waals surface area contributed by atoms with Crippen LogP contribution in [0.1, 0.15) is 16.1 Å². The highest BCUT2D eigenvalue weighted by Gasteiger charge is 2.15. The fraction of sp³-hybridized carbons (Fsp3) is 0.158. The molecule has 0 atom stereocenters. The van der Waals surface area contributed by atoms with Gasteiger partial charge in [-0.1, -0.05) is 42.5 Å². The fourth-order valence-corrected chi connectivity index (χ4v) is 2.54. The Kier molecular flexibility index (Phi) is 4.70. The van der Waals surface area contributed by atoms with Crippen LogP contribution in [0.25, 0.3) is 11.3 Å². The molecule has 0 spiro atoms. The topological polar surface area (TPSA) is 46.9 Å². The smallest absolute Gasteiger partial charge is 0.269 e. The minimum atomic E-state index is -0.355. The fourth-order valence-electron chi connectivity index (χ4n) is 2.54. The van der Waals surface area contributed by atoms with Gasteiger partial charge in [-0.25, -0.2) is 4.39 Å². The lowest BCUT2D eigenvalue weighted by atomic mass is 10.1. The molecule has 1 heterocycles. The van der Waals surface area contributed by atoms with Crippen molar-refractivity contribution in [2.24, 2.45) is 7.05 Å². The van der Waals surface area contributed by atoms with E-state index < -0.39 is 0 Å². The standard InChI is InChI=1S/C19H18FN3O/c1-23-18(13-17(22-23)15-9-5-6-10-16(15)20)19(24)21-12-11-14-7-3-2-4-8-14/h2-10,13H,11-12H2,1H3,(H,21,24). The highest BCUT2D eigenvalue weighted by atomic mass is 19.1. The maximum absolute atomic E-state index is 13.9. The lowest BCUT2D eigenvalue weighted by Gasteiger charge is -2.05. The van der Waals surface area contributed by atoms with E-state index in [2.05, 4.69) is 10.4 Å². The second-order valence-corrected chi connectivity index (χ2v) is 5.51. The largest absolute Gasteiger partial charge is 0.350 e. The van der Waals surface area contributed by atoms with Gasteiger partial charge in [0.2, 0.25) is 0 Å². The summed E-state index contributed by atoms with van der Waals surface area (Å²) in [5.41, 5.74) is 2.40. The van der Waals surface area contributed by atoms with E-state index in [0.29, 0.717) is 23.5 Å². The summed E-state index contributed by atoms with van der Waals surface area (Å²) in [6, 6.07) is 17.9. The summed E-state index contributed by atoms with van der Waals surface area (Å²) >= 11 is 0. The summed E-state index contributed by atoms with van der Waals surface area (Å²) in [6.07, 6.45) is 0.755. The van der Waals surface area contributed by atoms with Gasteiger partial charge in [-0.05, 0) is 30.2 Å². The van der Waals surface area contributed by atoms with Crippen molar-refractivity contribution >= 4 is 5.91 Å². The number of benzene rings is 2. The highest BCUT2D eigenvalue weighted by Crippen LogP contribution is 2.21. The summed E-state index contributed by atoms with van der Waals surface area (Å²) in [5, 5.41) is 7.12. The second kappa shape index (κ2) is 7.08. The Morgan fingerprint density at radius 1 is 1.12 bits per heavy atom. The first-order chi connectivity index (χ1) is 11.6. The van der Waals surface area contributed by atoms with E-state index in [0.717, 1.165) is 12.0 Å². The maximum atomic E-state index is 13.9. The number of halogens is 1. The second-order valence-electron chi connectivity index (χ2n) is 5.51. The maximum Gasteiger partial charge on any atom is 0.269 e. The van der Waals surface area contributed by atoms with Gasteiger partial charge in [0.1, 0.15) is 11.5 Å². The van der Waals surface area contributed by atoms with Crippen LogP contribution in [0.3, 0.4) is 0 Å². The lowest BCUT2D eigenvalue weighted by molar-refractivity contribution is 0.0944. The van der Waals surface area contributed by atoms with Crippen LogP contribution >= 0.6 is 0 Å². The van der Waals surface area contributed by atoms with E-state index in [1.165, 1.54) is 10.7 Å². The molecule has 0 aliphatic carbocycles. The molecule has 0 aliphatic rings. The first-order valence-corrected chi connectivity index (χ1v) is 7.76. The predicted molar refractivity (Wildman–Crippen MR) is 91.1 cm³/mol. The third-order valence-electron chi connectivity index (χ3n) is 3.80. The number of hydrogen-bond donors (Lipinski definition) is 1. The summed E-state index contributed by atoms with van der Waals surface area (Å²) < 4.78 is 15.3. The molecule has 0 aliphatic heterocycles. The minimum Gasteiger partial charge on any atom is -0.350 e. The molecule has 3 rings (SSSR count). The molecule has 5 heteroatoms. The Bertz CT molecular complexity index is 843. The van der Waals surface area contributed by atoms with E-state index >= 15 is 0 Å². The molecule has 1 aromatic heterocycles. The summed E-state index contributed by atoms with van der Waals surface area (Å²) in [5.74, 6) is -0.574. The Balaban J connectivity index is 1.68. The number of carbonyl (C=O) groups is 1. The quantitative estimate of drug-likeness (QED) is 0.784. The van der Waals surface area contributed by atoms with Gasteiger partial charge >= 0.3 is 0 Å². The third kappa shape index (κ3) is 3.51. The molecule has 2 aromatic carbocycles. The number of aryl methyl sites for hydroxylation is 1. The molecule has 3 aromatic rings. The molecule has 0 fully saturated rings.